The maximum atomic E-state index is 13.3. The van der Waals surface area contributed by atoms with E-state index in [0.29, 0.717) is 15.7 Å². The van der Waals surface area contributed by atoms with Crippen LogP contribution in [0.5, 0.6) is 0 Å². The number of hydrogen-bond acceptors (Lipinski definition) is 5. The van der Waals surface area contributed by atoms with Crippen molar-refractivity contribution in [1.82, 2.24) is 5.32 Å². The van der Waals surface area contributed by atoms with Gasteiger partial charge in [-0.15, -0.1) is 0 Å². The predicted octanol–water partition coefficient (Wildman–Crippen LogP) is 5.17. The molecule has 0 aliphatic carbocycles. The fraction of sp³-hybridized carbons (Fsp3) is 0.231. The maximum Gasteiger partial charge on any atom is 0.253 e. The van der Waals surface area contributed by atoms with Crippen LogP contribution in [0.15, 0.2) is 81.0 Å². The van der Waals surface area contributed by atoms with Crippen LogP contribution in [0.3, 0.4) is 0 Å². The zero-order chi connectivity index (χ0) is 25.6. The Hall–Kier alpha value is -3.17. The number of benzene rings is 3. The zero-order valence-electron chi connectivity index (χ0n) is 19.8. The number of carbonyl (C=O) groups is 2. The number of amides is 2. The van der Waals surface area contributed by atoms with Gasteiger partial charge < -0.3 is 16.0 Å². The van der Waals surface area contributed by atoms with E-state index in [4.69, 9.17) is 0 Å². The van der Waals surface area contributed by atoms with Gasteiger partial charge in [-0.25, -0.2) is 8.42 Å². The lowest BCUT2D eigenvalue weighted by molar-refractivity contribution is -0.114. The van der Waals surface area contributed by atoms with Crippen LogP contribution in [-0.2, 0) is 14.6 Å². The van der Waals surface area contributed by atoms with Gasteiger partial charge in [-0.3, -0.25) is 9.59 Å². The second-order valence-electron chi connectivity index (χ2n) is 8.16. The highest BCUT2D eigenvalue weighted by Crippen LogP contribution is 2.34. The predicted molar refractivity (Wildman–Crippen MR) is 142 cm³/mol. The minimum atomic E-state index is -3.85. The maximum absolute atomic E-state index is 13.3. The third kappa shape index (κ3) is 6.49. The Balaban J connectivity index is 1.79. The fourth-order valence-electron chi connectivity index (χ4n) is 3.32. The molecule has 0 spiro atoms. The summed E-state index contributed by atoms with van der Waals surface area (Å²) < 4.78 is 27.1. The summed E-state index contributed by atoms with van der Waals surface area (Å²) in [6.45, 7) is 5.56. The molecule has 0 radical (unpaired) electrons. The first-order valence-corrected chi connectivity index (χ1v) is 13.4. The molecule has 3 aromatic rings. The first kappa shape index (κ1) is 26.4. The van der Waals surface area contributed by atoms with Crippen LogP contribution in [0.4, 0.5) is 11.4 Å². The van der Waals surface area contributed by atoms with Crippen LogP contribution in [0.25, 0.3) is 0 Å². The topological polar surface area (TPSA) is 104 Å². The van der Waals surface area contributed by atoms with Gasteiger partial charge in [-0.05, 0) is 72.6 Å². The number of hydrogen-bond donors (Lipinski definition) is 3. The van der Waals surface area contributed by atoms with Crippen LogP contribution >= 0.6 is 15.9 Å². The van der Waals surface area contributed by atoms with E-state index >= 15 is 0 Å². The highest BCUT2D eigenvalue weighted by atomic mass is 79.9. The highest BCUT2D eigenvalue weighted by Gasteiger charge is 2.24. The monoisotopic (exact) mass is 557 g/mol. The van der Waals surface area contributed by atoms with E-state index in [1.165, 1.54) is 0 Å². The standard InChI is InChI=1S/C26H28BrN3O4S/c1-4-18(3)29-26(32)20-8-5-6-10-22(20)30-24(31)16-28-23-11-7-9-21(27)25(23)35(33,34)19-14-12-17(2)13-15-19/h5-15,18,28H,4,16H2,1-3H3,(H,29,32)(H,30,31). The molecule has 0 aliphatic rings. The minimum Gasteiger partial charge on any atom is -0.375 e. The summed E-state index contributed by atoms with van der Waals surface area (Å²) in [4.78, 5) is 25.5. The van der Waals surface area contributed by atoms with Crippen LogP contribution in [0.1, 0.15) is 36.2 Å². The van der Waals surface area contributed by atoms with Crippen LogP contribution in [-0.4, -0.2) is 32.8 Å². The van der Waals surface area contributed by atoms with Crippen molar-refractivity contribution >= 4 is 49.0 Å². The van der Waals surface area contributed by atoms with E-state index in [1.807, 2.05) is 20.8 Å². The summed E-state index contributed by atoms with van der Waals surface area (Å²) in [5.74, 6) is -0.700. The largest absolute Gasteiger partial charge is 0.375 e. The molecular weight excluding hydrogens is 530 g/mol. The van der Waals surface area contributed by atoms with Crippen LogP contribution in [0.2, 0.25) is 0 Å². The average Bonchev–Trinajstić information content (AvgIpc) is 2.83. The van der Waals surface area contributed by atoms with E-state index < -0.39 is 15.7 Å². The number of rotatable bonds is 9. The molecule has 7 nitrogen and oxygen atoms in total. The molecule has 0 aromatic heterocycles. The van der Waals surface area contributed by atoms with E-state index in [-0.39, 0.29) is 34.0 Å². The van der Waals surface area contributed by atoms with E-state index in [0.717, 1.165) is 12.0 Å². The van der Waals surface area contributed by atoms with Gasteiger partial charge >= 0.3 is 0 Å². The second kappa shape index (κ2) is 11.5. The number of para-hydroxylation sites is 1. The summed E-state index contributed by atoms with van der Waals surface area (Å²) in [5, 5.41) is 8.56. The number of carbonyl (C=O) groups excluding carboxylic acids is 2. The lowest BCUT2D eigenvalue weighted by Crippen LogP contribution is -2.33. The molecule has 184 valence electrons. The third-order valence-electron chi connectivity index (χ3n) is 5.44. The quantitative estimate of drug-likeness (QED) is 0.336. The molecule has 0 saturated heterocycles. The lowest BCUT2D eigenvalue weighted by Gasteiger charge is -2.16. The van der Waals surface area contributed by atoms with Crippen molar-refractivity contribution in [1.29, 1.82) is 0 Å². The number of halogens is 1. The Morgan fingerprint density at radius 3 is 2.29 bits per heavy atom. The number of sulfone groups is 1. The fourth-order valence-corrected chi connectivity index (χ4v) is 5.81. The molecule has 3 N–H and O–H groups in total. The summed E-state index contributed by atoms with van der Waals surface area (Å²) >= 11 is 3.34. The number of anilines is 2. The van der Waals surface area contributed by atoms with Gasteiger partial charge in [0.1, 0.15) is 4.90 Å². The van der Waals surface area contributed by atoms with Gasteiger partial charge in [-0.1, -0.05) is 42.8 Å². The molecule has 3 aromatic carbocycles. The molecular formula is C26H28BrN3O4S. The normalized spacial score (nSPS) is 12.0. The molecule has 0 saturated carbocycles. The second-order valence-corrected chi connectivity index (χ2v) is 10.9. The first-order chi connectivity index (χ1) is 16.6. The molecule has 2 amide bonds. The smallest absolute Gasteiger partial charge is 0.253 e. The van der Waals surface area contributed by atoms with Gasteiger partial charge in [0.15, 0.2) is 0 Å². The number of aryl methyl sites for hydroxylation is 1. The summed E-state index contributed by atoms with van der Waals surface area (Å²) in [6, 6.07) is 18.3. The third-order valence-corrected chi connectivity index (χ3v) is 8.24. The van der Waals surface area contributed by atoms with Gasteiger partial charge in [0.2, 0.25) is 15.7 Å². The van der Waals surface area contributed by atoms with Crippen molar-refractivity contribution in [2.24, 2.45) is 0 Å². The van der Waals surface area contributed by atoms with Crippen molar-refractivity contribution in [3.63, 3.8) is 0 Å². The van der Waals surface area contributed by atoms with Gasteiger partial charge in [0.05, 0.1) is 28.4 Å². The highest BCUT2D eigenvalue weighted by molar-refractivity contribution is 9.10. The van der Waals surface area contributed by atoms with Gasteiger partial charge in [0, 0.05) is 10.5 Å². The van der Waals surface area contributed by atoms with E-state index in [9.17, 15) is 18.0 Å². The molecule has 3 rings (SSSR count). The number of nitrogens with one attached hydrogen (secondary N) is 3. The van der Waals surface area contributed by atoms with Crippen molar-refractivity contribution < 1.29 is 18.0 Å². The van der Waals surface area contributed by atoms with Gasteiger partial charge in [-0.2, -0.15) is 0 Å². The summed E-state index contributed by atoms with van der Waals surface area (Å²) in [6.07, 6.45) is 0.782. The SMILES string of the molecule is CCC(C)NC(=O)c1ccccc1NC(=O)CNc1cccc(Br)c1S(=O)(=O)c1ccc(C)cc1. The Bertz CT molecular complexity index is 1320. The molecule has 9 heteroatoms. The van der Waals surface area contributed by atoms with E-state index in [1.54, 1.807) is 66.7 Å². The van der Waals surface area contributed by atoms with Crippen LogP contribution in [0, 0.1) is 6.92 Å². The van der Waals surface area contributed by atoms with Crippen molar-refractivity contribution in [3.05, 3.63) is 82.3 Å². The molecule has 0 fully saturated rings. The minimum absolute atomic E-state index is 0.00153. The van der Waals surface area contributed by atoms with Crippen molar-refractivity contribution in [2.45, 2.75) is 43.0 Å². The molecule has 0 heterocycles. The molecule has 1 atom stereocenters. The van der Waals surface area contributed by atoms with Gasteiger partial charge in [0.25, 0.3) is 5.91 Å². The molecule has 35 heavy (non-hydrogen) atoms. The molecule has 0 bridgehead atoms. The molecule has 1 unspecified atom stereocenters. The van der Waals surface area contributed by atoms with Crippen LogP contribution < -0.4 is 16.0 Å². The Kier molecular flexibility index (Phi) is 8.69. The first-order valence-electron chi connectivity index (χ1n) is 11.2. The zero-order valence-corrected chi connectivity index (χ0v) is 22.2. The Morgan fingerprint density at radius 1 is 0.943 bits per heavy atom. The van der Waals surface area contributed by atoms with E-state index in [2.05, 4.69) is 31.9 Å². The lowest BCUT2D eigenvalue weighted by atomic mass is 10.1. The Morgan fingerprint density at radius 2 is 1.60 bits per heavy atom. The van der Waals surface area contributed by atoms with Crippen molar-refractivity contribution in [3.8, 4) is 0 Å². The molecule has 0 aliphatic heterocycles. The van der Waals surface area contributed by atoms with Crippen molar-refractivity contribution in [2.75, 3.05) is 17.2 Å². The summed E-state index contributed by atoms with van der Waals surface area (Å²) in [7, 11) is -3.85. The summed E-state index contributed by atoms with van der Waals surface area (Å²) in [5.41, 5.74) is 1.97. The average molecular weight is 558 g/mol. The Labute approximate surface area is 214 Å².